The number of carbonyl (C=O) groups excluding carboxylic acids is 1. The minimum absolute atomic E-state index is 0.249. The molecule has 1 atom stereocenters. The van der Waals surface area contributed by atoms with Crippen molar-refractivity contribution < 1.29 is 4.79 Å². The highest BCUT2D eigenvalue weighted by Gasteiger charge is 2.35. The Morgan fingerprint density at radius 2 is 2.18 bits per heavy atom. The van der Waals surface area contributed by atoms with Gasteiger partial charge in [-0.15, -0.1) is 11.3 Å². The van der Waals surface area contributed by atoms with Gasteiger partial charge < -0.3 is 4.90 Å². The molecular formula is C17H25N3OS. The van der Waals surface area contributed by atoms with E-state index in [1.165, 1.54) is 49.2 Å². The molecule has 22 heavy (non-hydrogen) atoms. The summed E-state index contributed by atoms with van der Waals surface area (Å²) >= 11 is 1.84. The van der Waals surface area contributed by atoms with Gasteiger partial charge in [-0.3, -0.25) is 9.69 Å². The van der Waals surface area contributed by atoms with Gasteiger partial charge in [0.2, 0.25) is 5.91 Å². The van der Waals surface area contributed by atoms with Crippen LogP contribution < -0.4 is 0 Å². The van der Waals surface area contributed by atoms with Crippen LogP contribution in [0.3, 0.4) is 0 Å². The zero-order chi connectivity index (χ0) is 15.1. The van der Waals surface area contributed by atoms with Gasteiger partial charge in [0.1, 0.15) is 0 Å². The molecule has 3 fully saturated rings. The first-order valence-corrected chi connectivity index (χ1v) is 9.54. The van der Waals surface area contributed by atoms with Crippen LogP contribution in [0, 0.1) is 0 Å². The highest BCUT2D eigenvalue weighted by Crippen LogP contribution is 2.41. The SMILES string of the molecule is CC(=O)N(C[C@H]1CCCN1Cc1csc(C2CC2)n1)C1CC1. The Balaban J connectivity index is 1.38. The maximum Gasteiger partial charge on any atom is 0.219 e. The molecule has 1 saturated heterocycles. The number of hydrogen-bond donors (Lipinski definition) is 0. The Kier molecular flexibility index (Phi) is 3.95. The quantitative estimate of drug-likeness (QED) is 0.809. The second kappa shape index (κ2) is 5.93. The Bertz CT molecular complexity index is 550. The predicted octanol–water partition coefficient (Wildman–Crippen LogP) is 3.00. The summed E-state index contributed by atoms with van der Waals surface area (Å²) < 4.78 is 0. The topological polar surface area (TPSA) is 36.4 Å². The van der Waals surface area contributed by atoms with Crippen molar-refractivity contribution in [3.05, 3.63) is 16.1 Å². The molecule has 0 N–H and O–H groups in total. The van der Waals surface area contributed by atoms with Gasteiger partial charge in [0.25, 0.3) is 0 Å². The highest BCUT2D eigenvalue weighted by atomic mass is 32.1. The molecule has 0 bridgehead atoms. The standard InChI is InChI=1S/C17H25N3OS/c1-12(21)20(15-6-7-15)10-16-3-2-8-19(16)9-14-11-22-17(18-14)13-4-5-13/h11,13,15-16H,2-10H2,1H3/t16-/m1/s1. The van der Waals surface area contributed by atoms with Crippen molar-refractivity contribution in [1.29, 1.82) is 0 Å². The van der Waals surface area contributed by atoms with E-state index in [4.69, 9.17) is 4.98 Å². The molecule has 1 aliphatic heterocycles. The van der Waals surface area contributed by atoms with E-state index in [0.717, 1.165) is 25.6 Å². The average molecular weight is 319 g/mol. The van der Waals surface area contributed by atoms with Crippen LogP contribution in [0.2, 0.25) is 0 Å². The molecule has 1 amide bonds. The molecule has 2 aliphatic carbocycles. The second-order valence-corrected chi connectivity index (χ2v) is 8.01. The first-order valence-electron chi connectivity index (χ1n) is 8.66. The molecule has 0 spiro atoms. The Hall–Kier alpha value is -0.940. The predicted molar refractivity (Wildman–Crippen MR) is 87.9 cm³/mol. The van der Waals surface area contributed by atoms with Gasteiger partial charge in [-0.25, -0.2) is 4.98 Å². The molecular weight excluding hydrogens is 294 g/mol. The summed E-state index contributed by atoms with van der Waals surface area (Å²) in [5.74, 6) is 1.01. The lowest BCUT2D eigenvalue weighted by Crippen LogP contribution is -2.43. The third-order valence-corrected chi connectivity index (χ3v) is 6.22. The summed E-state index contributed by atoms with van der Waals surface area (Å²) in [6, 6.07) is 1.05. The smallest absolute Gasteiger partial charge is 0.219 e. The lowest BCUT2D eigenvalue weighted by Gasteiger charge is -2.30. The number of aromatic nitrogens is 1. The monoisotopic (exact) mass is 319 g/mol. The largest absolute Gasteiger partial charge is 0.338 e. The molecule has 120 valence electrons. The Morgan fingerprint density at radius 1 is 1.36 bits per heavy atom. The number of thiazole rings is 1. The maximum atomic E-state index is 11.9. The van der Waals surface area contributed by atoms with Crippen LogP contribution in [0.5, 0.6) is 0 Å². The summed E-state index contributed by atoms with van der Waals surface area (Å²) in [7, 11) is 0. The maximum absolute atomic E-state index is 11.9. The fraction of sp³-hybridized carbons (Fsp3) is 0.765. The highest BCUT2D eigenvalue weighted by molar-refractivity contribution is 7.09. The van der Waals surface area contributed by atoms with Gasteiger partial charge >= 0.3 is 0 Å². The number of carbonyl (C=O) groups is 1. The number of nitrogens with zero attached hydrogens (tertiary/aromatic N) is 3. The number of rotatable bonds is 6. The van der Waals surface area contributed by atoms with Gasteiger partial charge in [-0.2, -0.15) is 0 Å². The van der Waals surface area contributed by atoms with Crippen LogP contribution in [0.15, 0.2) is 5.38 Å². The van der Waals surface area contributed by atoms with E-state index in [1.807, 2.05) is 11.3 Å². The molecule has 2 heterocycles. The molecule has 4 nitrogen and oxygen atoms in total. The molecule has 5 heteroatoms. The van der Waals surface area contributed by atoms with Gasteiger partial charge in [0, 0.05) is 43.4 Å². The molecule has 0 aromatic carbocycles. The Morgan fingerprint density at radius 3 is 2.86 bits per heavy atom. The van der Waals surface area contributed by atoms with Crippen molar-refractivity contribution in [2.75, 3.05) is 13.1 Å². The zero-order valence-corrected chi connectivity index (χ0v) is 14.1. The first kappa shape index (κ1) is 14.6. The second-order valence-electron chi connectivity index (χ2n) is 7.12. The molecule has 3 aliphatic rings. The number of likely N-dealkylation sites (tertiary alicyclic amines) is 1. The van der Waals surface area contributed by atoms with E-state index >= 15 is 0 Å². The van der Waals surface area contributed by atoms with Crippen LogP contribution >= 0.6 is 11.3 Å². The van der Waals surface area contributed by atoms with E-state index in [-0.39, 0.29) is 5.91 Å². The minimum Gasteiger partial charge on any atom is -0.338 e. The summed E-state index contributed by atoms with van der Waals surface area (Å²) in [5.41, 5.74) is 1.24. The number of amides is 1. The summed E-state index contributed by atoms with van der Waals surface area (Å²) in [6.07, 6.45) is 7.52. The van der Waals surface area contributed by atoms with Crippen LogP contribution in [0.25, 0.3) is 0 Å². The minimum atomic E-state index is 0.249. The van der Waals surface area contributed by atoms with Crippen molar-refractivity contribution >= 4 is 17.2 Å². The van der Waals surface area contributed by atoms with Gasteiger partial charge in [-0.1, -0.05) is 0 Å². The Labute approximate surface area is 136 Å². The fourth-order valence-electron chi connectivity index (χ4n) is 3.58. The third-order valence-electron chi connectivity index (χ3n) is 5.16. The van der Waals surface area contributed by atoms with Gasteiger partial charge in [-0.05, 0) is 45.1 Å². The van der Waals surface area contributed by atoms with Gasteiger partial charge in [0.05, 0.1) is 10.7 Å². The van der Waals surface area contributed by atoms with Crippen LogP contribution in [0.4, 0.5) is 0 Å². The average Bonchev–Trinajstić information content (AvgIpc) is 3.42. The molecule has 1 aromatic rings. The number of hydrogen-bond acceptors (Lipinski definition) is 4. The van der Waals surface area contributed by atoms with E-state index in [1.54, 1.807) is 6.92 Å². The summed E-state index contributed by atoms with van der Waals surface area (Å²) in [4.78, 5) is 21.3. The van der Waals surface area contributed by atoms with Crippen LogP contribution in [0.1, 0.15) is 62.1 Å². The lowest BCUT2D eigenvalue weighted by molar-refractivity contribution is -0.130. The van der Waals surface area contributed by atoms with Crippen molar-refractivity contribution in [1.82, 2.24) is 14.8 Å². The third kappa shape index (κ3) is 3.20. The summed E-state index contributed by atoms with van der Waals surface area (Å²) in [6.45, 7) is 4.75. The van der Waals surface area contributed by atoms with E-state index in [2.05, 4.69) is 15.2 Å². The van der Waals surface area contributed by atoms with Crippen molar-refractivity contribution in [2.24, 2.45) is 0 Å². The first-order chi connectivity index (χ1) is 10.7. The molecule has 0 unspecified atom stereocenters. The molecule has 0 radical (unpaired) electrons. The zero-order valence-electron chi connectivity index (χ0n) is 13.3. The lowest BCUT2D eigenvalue weighted by atomic mass is 10.2. The normalized spacial score (nSPS) is 25.6. The molecule has 2 saturated carbocycles. The molecule has 1 aromatic heterocycles. The fourth-order valence-corrected chi connectivity index (χ4v) is 4.56. The van der Waals surface area contributed by atoms with Crippen molar-refractivity contribution in [3.8, 4) is 0 Å². The van der Waals surface area contributed by atoms with Crippen molar-refractivity contribution in [3.63, 3.8) is 0 Å². The van der Waals surface area contributed by atoms with E-state index in [0.29, 0.717) is 12.1 Å². The van der Waals surface area contributed by atoms with Crippen LogP contribution in [-0.4, -0.2) is 45.9 Å². The molecule has 4 rings (SSSR count). The summed E-state index contributed by atoms with van der Waals surface area (Å²) in [5, 5.41) is 3.58. The van der Waals surface area contributed by atoms with Crippen molar-refractivity contribution in [2.45, 2.75) is 70.0 Å². The van der Waals surface area contributed by atoms with Gasteiger partial charge in [0.15, 0.2) is 0 Å². The van der Waals surface area contributed by atoms with Crippen LogP contribution in [-0.2, 0) is 11.3 Å². The van der Waals surface area contributed by atoms with E-state index in [9.17, 15) is 4.79 Å². The van der Waals surface area contributed by atoms with E-state index < -0.39 is 0 Å².